The number of nitrogens with zero attached hydrogens (tertiary/aromatic N) is 1. The van der Waals surface area contributed by atoms with Crippen molar-refractivity contribution in [2.45, 2.75) is 77.2 Å². The molecule has 1 saturated carbocycles. The number of quaternary nitrogens is 1. The fourth-order valence-electron chi connectivity index (χ4n) is 5.49. The Morgan fingerprint density at radius 2 is 1.81 bits per heavy atom. The topological polar surface area (TPSA) is 62.0 Å². The fraction of sp³-hybridized carbons (Fsp3) is 0.680. The average Bonchev–Trinajstić information content (AvgIpc) is 3.22. The number of aromatic carboxylic acids is 1. The van der Waals surface area contributed by atoms with E-state index in [0.717, 1.165) is 75.8 Å². The Bertz CT molecular complexity index is 830. The van der Waals surface area contributed by atoms with E-state index in [1.807, 2.05) is 11.0 Å². The Labute approximate surface area is 190 Å². The van der Waals surface area contributed by atoms with Crippen LogP contribution in [0.25, 0.3) is 5.57 Å². The molecule has 4 rings (SSSR count). The molecule has 5 nitrogen and oxygen atoms in total. The van der Waals surface area contributed by atoms with Crippen LogP contribution in [-0.2, 0) is 4.79 Å². The first-order valence-corrected chi connectivity index (χ1v) is 13.0. The molecule has 0 spiro atoms. The van der Waals surface area contributed by atoms with E-state index in [0.29, 0.717) is 16.5 Å². The first-order chi connectivity index (χ1) is 14.9. The molecule has 2 aliphatic carbocycles. The van der Waals surface area contributed by atoms with Crippen molar-refractivity contribution in [1.82, 2.24) is 0 Å². The molecular weight excluding hydrogens is 408 g/mol. The number of carbonyl (C=O) groups is 2. The average molecular weight is 446 g/mol. The monoisotopic (exact) mass is 445 g/mol. The van der Waals surface area contributed by atoms with Gasteiger partial charge in [-0.15, -0.1) is 11.3 Å². The van der Waals surface area contributed by atoms with Crippen LogP contribution in [0.3, 0.4) is 0 Å². The highest BCUT2D eigenvalue weighted by atomic mass is 32.1. The summed E-state index contributed by atoms with van der Waals surface area (Å²) in [7, 11) is 2.20. The lowest BCUT2D eigenvalue weighted by molar-refractivity contribution is -0.884. The number of allylic oxidation sites excluding steroid dienone is 2. The zero-order chi connectivity index (χ0) is 22.0. The molecule has 0 atom stereocenters. The quantitative estimate of drug-likeness (QED) is 0.713. The number of likely N-dealkylation sites (tertiary alicyclic amines) is 1. The summed E-state index contributed by atoms with van der Waals surface area (Å²) in [5.74, 6) is -0.0238. The van der Waals surface area contributed by atoms with E-state index in [-0.39, 0.29) is 17.9 Å². The number of anilines is 1. The minimum Gasteiger partial charge on any atom is -0.477 e. The van der Waals surface area contributed by atoms with Crippen LogP contribution in [0.4, 0.5) is 5.69 Å². The van der Waals surface area contributed by atoms with Gasteiger partial charge in [-0.2, -0.15) is 0 Å². The maximum absolute atomic E-state index is 13.9. The van der Waals surface area contributed by atoms with Crippen LogP contribution in [0.2, 0.25) is 0 Å². The number of hydrogen-bond donors (Lipinski definition) is 2. The zero-order valence-electron chi connectivity index (χ0n) is 19.0. The molecule has 0 bridgehead atoms. The van der Waals surface area contributed by atoms with Gasteiger partial charge in [0.25, 0.3) is 0 Å². The molecule has 2 fully saturated rings. The molecule has 6 heteroatoms. The van der Waals surface area contributed by atoms with Gasteiger partial charge in [0.05, 0.1) is 25.8 Å². The number of rotatable bonds is 5. The van der Waals surface area contributed by atoms with Gasteiger partial charge >= 0.3 is 5.97 Å². The van der Waals surface area contributed by atoms with Crippen LogP contribution >= 0.6 is 11.3 Å². The number of hydrogen-bond acceptors (Lipinski definition) is 3. The van der Waals surface area contributed by atoms with Crippen molar-refractivity contribution in [1.29, 1.82) is 0 Å². The van der Waals surface area contributed by atoms with E-state index in [1.165, 1.54) is 28.2 Å². The van der Waals surface area contributed by atoms with E-state index >= 15 is 0 Å². The predicted octanol–water partition coefficient (Wildman–Crippen LogP) is 4.24. The van der Waals surface area contributed by atoms with Crippen molar-refractivity contribution in [3.8, 4) is 0 Å². The minimum atomic E-state index is -0.906. The molecule has 1 aromatic heterocycles. The Morgan fingerprint density at radius 1 is 1.10 bits per heavy atom. The third kappa shape index (κ3) is 5.06. The van der Waals surface area contributed by atoms with Crippen molar-refractivity contribution < 1.29 is 19.6 Å². The lowest BCUT2D eigenvalue weighted by Crippen LogP contribution is -3.10. The Kier molecular flexibility index (Phi) is 7.17. The number of carbonyl (C=O) groups excluding carboxylic acids is 1. The third-order valence-electron chi connectivity index (χ3n) is 7.55. The normalized spacial score (nSPS) is 29.3. The lowest BCUT2D eigenvalue weighted by Gasteiger charge is -2.38. The van der Waals surface area contributed by atoms with E-state index in [4.69, 9.17) is 0 Å². The molecule has 1 saturated heterocycles. The highest BCUT2D eigenvalue weighted by molar-refractivity contribution is 7.15. The van der Waals surface area contributed by atoms with Crippen LogP contribution in [0.5, 0.6) is 0 Å². The second-order valence-electron chi connectivity index (χ2n) is 9.96. The standard InChI is InChI=1S/C25H36N2O3S/c1-17-8-10-19(11-9-17)24(28)27(20-12-14-26(2)15-13-20)21-16-22(31-23(21)25(29)30)18-6-4-3-5-7-18/h6,16-17,19-20H,3-5,7-15H2,1-2H3,(H,29,30)/p+1. The van der Waals surface area contributed by atoms with Gasteiger partial charge in [-0.25, -0.2) is 4.79 Å². The fourth-order valence-corrected chi connectivity index (χ4v) is 6.54. The summed E-state index contributed by atoms with van der Waals surface area (Å²) < 4.78 is 0. The van der Waals surface area contributed by atoms with E-state index < -0.39 is 5.97 Å². The van der Waals surface area contributed by atoms with Gasteiger partial charge in [-0.3, -0.25) is 4.79 Å². The summed E-state index contributed by atoms with van der Waals surface area (Å²) in [6.07, 6.45) is 12.6. The molecule has 2 N–H and O–H groups in total. The molecule has 0 aromatic carbocycles. The number of piperidine rings is 1. The van der Waals surface area contributed by atoms with E-state index in [2.05, 4.69) is 20.0 Å². The maximum Gasteiger partial charge on any atom is 0.348 e. The molecule has 2 heterocycles. The van der Waals surface area contributed by atoms with E-state index in [1.54, 1.807) is 0 Å². The molecule has 31 heavy (non-hydrogen) atoms. The molecule has 170 valence electrons. The second kappa shape index (κ2) is 9.86. The first-order valence-electron chi connectivity index (χ1n) is 12.1. The Morgan fingerprint density at radius 3 is 2.42 bits per heavy atom. The van der Waals surface area contributed by atoms with Crippen LogP contribution in [0, 0.1) is 11.8 Å². The van der Waals surface area contributed by atoms with E-state index in [9.17, 15) is 14.7 Å². The maximum atomic E-state index is 13.9. The molecule has 3 aliphatic rings. The van der Waals surface area contributed by atoms with Crippen LogP contribution in [0.15, 0.2) is 12.1 Å². The van der Waals surface area contributed by atoms with Gasteiger partial charge in [0.1, 0.15) is 4.88 Å². The number of thiophene rings is 1. The van der Waals surface area contributed by atoms with Gasteiger partial charge in [-0.05, 0) is 68.9 Å². The van der Waals surface area contributed by atoms with Crippen LogP contribution in [-0.4, -0.2) is 43.2 Å². The molecule has 1 aromatic rings. The first kappa shape index (κ1) is 22.5. The zero-order valence-corrected chi connectivity index (χ0v) is 19.8. The second-order valence-corrected chi connectivity index (χ2v) is 11.0. The summed E-state index contributed by atoms with van der Waals surface area (Å²) in [6, 6.07) is 2.14. The number of amides is 1. The van der Waals surface area contributed by atoms with Crippen molar-refractivity contribution in [3.63, 3.8) is 0 Å². The van der Waals surface area contributed by atoms with Gasteiger partial charge in [-0.1, -0.05) is 13.0 Å². The summed E-state index contributed by atoms with van der Waals surface area (Å²) >= 11 is 1.36. The molecule has 1 amide bonds. The number of carboxylic acids is 1. The predicted molar refractivity (Wildman–Crippen MR) is 126 cm³/mol. The summed E-state index contributed by atoms with van der Waals surface area (Å²) in [6.45, 7) is 4.32. The number of carboxylic acid groups (broad SMARTS) is 1. The largest absolute Gasteiger partial charge is 0.477 e. The van der Waals surface area contributed by atoms with Gasteiger partial charge in [0, 0.05) is 29.7 Å². The van der Waals surface area contributed by atoms with Crippen molar-refractivity contribution in [2.75, 3.05) is 25.0 Å². The van der Waals surface area contributed by atoms with Crippen LogP contribution < -0.4 is 9.80 Å². The summed E-state index contributed by atoms with van der Waals surface area (Å²) in [5.41, 5.74) is 1.92. The highest BCUT2D eigenvalue weighted by Crippen LogP contribution is 2.41. The van der Waals surface area contributed by atoms with Gasteiger partial charge in [0.15, 0.2) is 0 Å². The van der Waals surface area contributed by atoms with Gasteiger partial charge in [0.2, 0.25) is 5.91 Å². The van der Waals surface area contributed by atoms with Crippen LogP contribution in [0.1, 0.15) is 85.7 Å². The molecule has 1 aliphatic heterocycles. The molecule has 0 unspecified atom stereocenters. The van der Waals surface area contributed by atoms with Gasteiger partial charge < -0.3 is 14.9 Å². The number of nitrogens with one attached hydrogen (secondary N) is 1. The lowest BCUT2D eigenvalue weighted by atomic mass is 9.82. The molecular formula is C25H37N2O3S+. The Hall–Kier alpha value is -1.66. The molecule has 0 radical (unpaired) electrons. The summed E-state index contributed by atoms with van der Waals surface area (Å²) in [4.78, 5) is 30.9. The van der Waals surface area contributed by atoms with Crippen molar-refractivity contribution in [3.05, 3.63) is 21.9 Å². The SMILES string of the molecule is CC1CCC(C(=O)N(c2cc(C3=CCCCC3)sc2C(=O)O)C2CC[NH+](C)CC2)CC1. The van der Waals surface area contributed by atoms with Crippen molar-refractivity contribution in [2.24, 2.45) is 11.8 Å². The van der Waals surface area contributed by atoms with Crippen molar-refractivity contribution >= 4 is 34.5 Å². The minimum absolute atomic E-state index is 0.0297. The smallest absolute Gasteiger partial charge is 0.348 e. The third-order valence-corrected chi connectivity index (χ3v) is 8.74. The summed E-state index contributed by atoms with van der Waals surface area (Å²) in [5, 5.41) is 10.0. The highest BCUT2D eigenvalue weighted by Gasteiger charge is 2.37. The Balaban J connectivity index is 1.70.